The SMILES string of the molecule is N#Cc1ccc(NC(=O)c2cc(N)ccc2F)cc1Cl. The molecule has 0 aromatic heterocycles. The van der Waals surface area contributed by atoms with Crippen molar-refractivity contribution in [3.63, 3.8) is 0 Å². The Morgan fingerprint density at radius 1 is 1.30 bits per heavy atom. The summed E-state index contributed by atoms with van der Waals surface area (Å²) in [5.41, 5.74) is 6.30. The zero-order chi connectivity index (χ0) is 14.7. The normalized spacial score (nSPS) is 9.85. The highest BCUT2D eigenvalue weighted by atomic mass is 35.5. The number of hydrogen-bond acceptors (Lipinski definition) is 3. The van der Waals surface area contributed by atoms with Gasteiger partial charge < -0.3 is 11.1 Å². The average Bonchev–Trinajstić information content (AvgIpc) is 2.41. The number of nitrogens with one attached hydrogen (secondary N) is 1. The standard InChI is InChI=1S/C14H9ClFN3O/c15-12-6-10(3-1-8(12)7-17)19-14(20)11-5-9(18)2-4-13(11)16/h1-6H,18H2,(H,19,20). The summed E-state index contributed by atoms with van der Waals surface area (Å²) in [6.07, 6.45) is 0. The Hall–Kier alpha value is -2.58. The van der Waals surface area contributed by atoms with E-state index in [9.17, 15) is 9.18 Å². The van der Waals surface area contributed by atoms with Crippen LogP contribution in [0.1, 0.15) is 15.9 Å². The van der Waals surface area contributed by atoms with Gasteiger partial charge in [0.25, 0.3) is 5.91 Å². The van der Waals surface area contributed by atoms with Crippen LogP contribution in [0.4, 0.5) is 15.8 Å². The zero-order valence-corrected chi connectivity index (χ0v) is 10.9. The van der Waals surface area contributed by atoms with Crippen molar-refractivity contribution in [2.45, 2.75) is 0 Å². The highest BCUT2D eigenvalue weighted by Crippen LogP contribution is 2.21. The third-order valence-corrected chi connectivity index (χ3v) is 2.90. The van der Waals surface area contributed by atoms with Crippen LogP contribution in [0.15, 0.2) is 36.4 Å². The number of carbonyl (C=O) groups is 1. The van der Waals surface area contributed by atoms with E-state index in [1.54, 1.807) is 0 Å². The summed E-state index contributed by atoms with van der Waals surface area (Å²) in [5.74, 6) is -1.31. The van der Waals surface area contributed by atoms with E-state index in [0.717, 1.165) is 6.07 Å². The summed E-state index contributed by atoms with van der Waals surface area (Å²) in [5, 5.41) is 11.4. The van der Waals surface area contributed by atoms with E-state index in [1.807, 2.05) is 6.07 Å². The molecule has 0 unspecified atom stereocenters. The van der Waals surface area contributed by atoms with E-state index in [0.29, 0.717) is 11.3 Å². The lowest BCUT2D eigenvalue weighted by Gasteiger charge is -2.07. The zero-order valence-electron chi connectivity index (χ0n) is 10.2. The van der Waals surface area contributed by atoms with Crippen LogP contribution in [-0.2, 0) is 0 Å². The van der Waals surface area contributed by atoms with Crippen LogP contribution in [-0.4, -0.2) is 5.91 Å². The Morgan fingerprint density at radius 3 is 2.70 bits per heavy atom. The van der Waals surface area contributed by atoms with Crippen LogP contribution < -0.4 is 11.1 Å². The minimum atomic E-state index is -0.670. The molecule has 2 rings (SSSR count). The first-order chi connectivity index (χ1) is 9.51. The van der Waals surface area contributed by atoms with Crippen molar-refractivity contribution in [2.24, 2.45) is 0 Å². The molecule has 0 bridgehead atoms. The topological polar surface area (TPSA) is 78.9 Å². The number of benzene rings is 2. The number of nitrogens with zero attached hydrogens (tertiary/aromatic N) is 1. The maximum atomic E-state index is 13.5. The lowest BCUT2D eigenvalue weighted by Crippen LogP contribution is -2.14. The maximum Gasteiger partial charge on any atom is 0.258 e. The predicted molar refractivity (Wildman–Crippen MR) is 74.9 cm³/mol. The largest absolute Gasteiger partial charge is 0.399 e. The number of nitrogen functional groups attached to an aromatic ring is 1. The molecule has 0 atom stereocenters. The first kappa shape index (κ1) is 13.8. The van der Waals surface area contributed by atoms with E-state index in [1.165, 1.54) is 30.3 Å². The van der Waals surface area contributed by atoms with E-state index >= 15 is 0 Å². The molecule has 0 radical (unpaired) electrons. The van der Waals surface area contributed by atoms with E-state index in [2.05, 4.69) is 5.32 Å². The maximum absolute atomic E-state index is 13.5. The van der Waals surface area contributed by atoms with Crippen molar-refractivity contribution in [1.29, 1.82) is 5.26 Å². The molecule has 0 saturated heterocycles. The van der Waals surface area contributed by atoms with Gasteiger partial charge in [-0.05, 0) is 36.4 Å². The number of hydrogen-bond donors (Lipinski definition) is 2. The van der Waals surface area contributed by atoms with Crippen LogP contribution in [0.3, 0.4) is 0 Å². The second kappa shape index (κ2) is 5.59. The molecule has 0 heterocycles. The molecule has 4 nitrogen and oxygen atoms in total. The fraction of sp³-hybridized carbons (Fsp3) is 0. The molecule has 6 heteroatoms. The number of anilines is 2. The Bertz CT molecular complexity index is 725. The fourth-order valence-corrected chi connectivity index (χ4v) is 1.82. The van der Waals surface area contributed by atoms with Crippen LogP contribution in [0.2, 0.25) is 5.02 Å². The van der Waals surface area contributed by atoms with Crippen molar-refractivity contribution in [3.8, 4) is 6.07 Å². The summed E-state index contributed by atoms with van der Waals surface area (Å²) in [4.78, 5) is 11.9. The third kappa shape index (κ3) is 2.87. The van der Waals surface area contributed by atoms with Crippen molar-refractivity contribution in [2.75, 3.05) is 11.1 Å². The molecule has 1 amide bonds. The summed E-state index contributed by atoms with van der Waals surface area (Å²) in [6, 6.07) is 10.0. The van der Waals surface area contributed by atoms with Gasteiger partial charge in [0, 0.05) is 11.4 Å². The molecular weight excluding hydrogens is 281 g/mol. The Kier molecular flexibility index (Phi) is 3.87. The lowest BCUT2D eigenvalue weighted by molar-refractivity contribution is 0.102. The van der Waals surface area contributed by atoms with E-state index in [4.69, 9.17) is 22.6 Å². The number of halogens is 2. The fourth-order valence-electron chi connectivity index (χ4n) is 1.60. The van der Waals surface area contributed by atoms with Gasteiger partial charge in [-0.2, -0.15) is 5.26 Å². The van der Waals surface area contributed by atoms with Gasteiger partial charge in [0.05, 0.1) is 16.1 Å². The highest BCUT2D eigenvalue weighted by Gasteiger charge is 2.13. The molecule has 2 aromatic carbocycles. The summed E-state index contributed by atoms with van der Waals surface area (Å²) >= 11 is 5.85. The predicted octanol–water partition coefficient (Wildman–Crippen LogP) is 3.19. The van der Waals surface area contributed by atoms with Crippen LogP contribution >= 0.6 is 11.6 Å². The van der Waals surface area contributed by atoms with Crippen LogP contribution in [0, 0.1) is 17.1 Å². The van der Waals surface area contributed by atoms with E-state index in [-0.39, 0.29) is 16.3 Å². The van der Waals surface area contributed by atoms with Gasteiger partial charge in [-0.25, -0.2) is 4.39 Å². The molecule has 0 saturated carbocycles. The number of rotatable bonds is 2. The molecule has 3 N–H and O–H groups in total. The average molecular weight is 290 g/mol. The van der Waals surface area contributed by atoms with Crippen molar-refractivity contribution < 1.29 is 9.18 Å². The Balaban J connectivity index is 2.26. The van der Waals surface area contributed by atoms with Crippen LogP contribution in [0.25, 0.3) is 0 Å². The van der Waals surface area contributed by atoms with Gasteiger partial charge in [0.1, 0.15) is 11.9 Å². The van der Waals surface area contributed by atoms with Crippen molar-refractivity contribution >= 4 is 28.9 Å². The van der Waals surface area contributed by atoms with Crippen LogP contribution in [0.5, 0.6) is 0 Å². The Morgan fingerprint density at radius 2 is 2.05 bits per heavy atom. The molecule has 0 spiro atoms. The third-order valence-electron chi connectivity index (χ3n) is 2.58. The van der Waals surface area contributed by atoms with Gasteiger partial charge >= 0.3 is 0 Å². The monoisotopic (exact) mass is 289 g/mol. The summed E-state index contributed by atoms with van der Waals surface area (Å²) < 4.78 is 13.5. The molecular formula is C14H9ClFN3O. The number of carbonyl (C=O) groups excluding carboxylic acids is 1. The van der Waals surface area contributed by atoms with Gasteiger partial charge in [-0.1, -0.05) is 11.6 Å². The van der Waals surface area contributed by atoms with Gasteiger partial charge in [-0.3, -0.25) is 4.79 Å². The second-order valence-corrected chi connectivity index (χ2v) is 4.41. The van der Waals surface area contributed by atoms with Gasteiger partial charge in [-0.15, -0.1) is 0 Å². The lowest BCUT2D eigenvalue weighted by atomic mass is 10.1. The van der Waals surface area contributed by atoms with Crippen molar-refractivity contribution in [3.05, 3.63) is 58.4 Å². The quantitative estimate of drug-likeness (QED) is 0.833. The summed E-state index contributed by atoms with van der Waals surface area (Å²) in [7, 11) is 0. The first-order valence-electron chi connectivity index (χ1n) is 5.57. The first-order valence-corrected chi connectivity index (χ1v) is 5.95. The molecule has 2 aromatic rings. The summed E-state index contributed by atoms with van der Waals surface area (Å²) in [6.45, 7) is 0. The number of amides is 1. The molecule has 20 heavy (non-hydrogen) atoms. The Labute approximate surface area is 119 Å². The molecule has 0 fully saturated rings. The smallest absolute Gasteiger partial charge is 0.258 e. The van der Waals surface area contributed by atoms with Crippen molar-refractivity contribution in [1.82, 2.24) is 0 Å². The molecule has 100 valence electrons. The number of nitrogens with two attached hydrogens (primary N) is 1. The van der Waals surface area contributed by atoms with Gasteiger partial charge in [0.15, 0.2) is 0 Å². The van der Waals surface area contributed by atoms with E-state index < -0.39 is 11.7 Å². The molecule has 0 aliphatic heterocycles. The molecule has 0 aliphatic carbocycles. The highest BCUT2D eigenvalue weighted by molar-refractivity contribution is 6.32. The second-order valence-electron chi connectivity index (χ2n) is 4.00. The molecule has 0 aliphatic rings. The minimum Gasteiger partial charge on any atom is -0.399 e. The van der Waals surface area contributed by atoms with Gasteiger partial charge in [0.2, 0.25) is 0 Å². The number of nitriles is 1. The minimum absolute atomic E-state index is 0.162.